The number of rotatable bonds is 4. The van der Waals surface area contributed by atoms with Crippen LogP contribution in [0.1, 0.15) is 29.7 Å². The zero-order valence-corrected chi connectivity index (χ0v) is 17.2. The summed E-state index contributed by atoms with van der Waals surface area (Å²) in [7, 11) is 1.46. The van der Waals surface area contributed by atoms with E-state index in [0.717, 1.165) is 4.90 Å². The molecular weight excluding hydrogens is 435 g/mol. The normalized spacial score (nSPS) is 23.3. The summed E-state index contributed by atoms with van der Waals surface area (Å²) in [6.45, 7) is 0.678. The third-order valence-corrected chi connectivity index (χ3v) is 6.42. The molecule has 3 heterocycles. The van der Waals surface area contributed by atoms with E-state index in [1.165, 1.54) is 7.11 Å². The second kappa shape index (κ2) is 6.98. The van der Waals surface area contributed by atoms with Gasteiger partial charge in [-0.25, -0.2) is 9.97 Å². The van der Waals surface area contributed by atoms with Crippen LogP contribution in [0.25, 0.3) is 11.3 Å². The van der Waals surface area contributed by atoms with Crippen LogP contribution >= 0.6 is 0 Å². The average Bonchev–Trinajstić information content (AvgIpc) is 2.98. The van der Waals surface area contributed by atoms with Crippen LogP contribution < -0.4 is 15.4 Å². The fourth-order valence-electron chi connectivity index (χ4n) is 4.47. The van der Waals surface area contributed by atoms with Crippen molar-refractivity contribution in [1.82, 2.24) is 9.97 Å². The van der Waals surface area contributed by atoms with Crippen molar-refractivity contribution in [3.63, 3.8) is 0 Å². The maximum absolute atomic E-state index is 14.6. The van der Waals surface area contributed by atoms with Gasteiger partial charge in [-0.15, -0.1) is 0 Å². The Balaban J connectivity index is 1.62. The number of nitrogens with two attached hydrogens (primary N) is 1. The molecule has 0 saturated carbocycles. The van der Waals surface area contributed by atoms with E-state index in [4.69, 9.17) is 15.2 Å². The summed E-state index contributed by atoms with van der Waals surface area (Å²) in [5, 5.41) is 0. The number of anilines is 1. The van der Waals surface area contributed by atoms with E-state index in [9.17, 15) is 22.0 Å². The number of methoxy groups -OCH3 is 1. The molecule has 32 heavy (non-hydrogen) atoms. The molecule has 0 radical (unpaired) electrons. The summed E-state index contributed by atoms with van der Waals surface area (Å²) in [6, 6.07) is 3.24. The number of nitrogens with zero attached hydrogens (tertiary/aromatic N) is 3. The van der Waals surface area contributed by atoms with E-state index in [-0.39, 0.29) is 36.6 Å². The van der Waals surface area contributed by atoms with Gasteiger partial charge in [0.25, 0.3) is 5.92 Å². The lowest BCUT2D eigenvalue weighted by molar-refractivity contribution is -0.160. The van der Waals surface area contributed by atoms with Gasteiger partial charge in [-0.3, -0.25) is 0 Å². The summed E-state index contributed by atoms with van der Waals surface area (Å²) in [4.78, 5) is 9.17. The maximum atomic E-state index is 14.6. The molecule has 2 N–H and O–H groups in total. The van der Waals surface area contributed by atoms with Crippen LogP contribution in [-0.4, -0.2) is 49.1 Å². The highest BCUT2D eigenvalue weighted by atomic mass is 19.4. The monoisotopic (exact) mass is 456 g/mol. The largest absolute Gasteiger partial charge is 0.496 e. The van der Waals surface area contributed by atoms with Gasteiger partial charge in [0.15, 0.2) is 0 Å². The van der Waals surface area contributed by atoms with Crippen molar-refractivity contribution < 1.29 is 31.4 Å². The SMILES string of the molecule is COc1cc(-c2nc(N3CC[C@@H]3C(F)(F)F)nc3c2CCC3(F)F)ccc1C1(N)COC1. The van der Waals surface area contributed by atoms with Crippen LogP contribution in [0.5, 0.6) is 5.75 Å². The number of aromatic nitrogens is 2. The molecule has 3 aliphatic rings. The first-order valence-electron chi connectivity index (χ1n) is 10.2. The molecule has 0 unspecified atom stereocenters. The Kier molecular flexibility index (Phi) is 4.65. The molecule has 0 spiro atoms. The zero-order chi connectivity index (χ0) is 22.9. The third kappa shape index (κ3) is 3.21. The van der Waals surface area contributed by atoms with Crippen molar-refractivity contribution in [2.45, 2.75) is 42.9 Å². The molecule has 11 heteroatoms. The molecule has 0 bridgehead atoms. The Hall–Kier alpha value is -2.53. The number of ether oxygens (including phenoxy) is 2. The zero-order valence-electron chi connectivity index (χ0n) is 17.2. The Morgan fingerprint density at radius 3 is 2.53 bits per heavy atom. The molecule has 2 saturated heterocycles. The van der Waals surface area contributed by atoms with Crippen molar-refractivity contribution in [3.8, 4) is 17.0 Å². The molecule has 2 fully saturated rings. The average molecular weight is 456 g/mol. The number of halogens is 5. The highest BCUT2D eigenvalue weighted by Gasteiger charge is 2.51. The van der Waals surface area contributed by atoms with Crippen molar-refractivity contribution >= 4 is 5.95 Å². The number of alkyl halides is 5. The number of fused-ring (bicyclic) bond motifs is 1. The lowest BCUT2D eigenvalue weighted by Crippen LogP contribution is -2.56. The fraction of sp³-hybridized carbons (Fsp3) is 0.524. The Bertz CT molecular complexity index is 1070. The van der Waals surface area contributed by atoms with Gasteiger partial charge in [-0.1, -0.05) is 12.1 Å². The minimum Gasteiger partial charge on any atom is -0.496 e. The van der Waals surface area contributed by atoms with Crippen LogP contribution in [0.15, 0.2) is 18.2 Å². The molecule has 172 valence electrons. The predicted molar refractivity (Wildman–Crippen MR) is 105 cm³/mol. The van der Waals surface area contributed by atoms with Gasteiger partial charge in [0.2, 0.25) is 5.95 Å². The first kappa shape index (κ1) is 21.3. The molecule has 5 rings (SSSR count). The third-order valence-electron chi connectivity index (χ3n) is 6.42. The highest BCUT2D eigenvalue weighted by molar-refractivity contribution is 5.70. The molecule has 1 aromatic carbocycles. The van der Waals surface area contributed by atoms with Crippen molar-refractivity contribution in [3.05, 3.63) is 35.0 Å². The van der Waals surface area contributed by atoms with Gasteiger partial charge in [0.1, 0.15) is 17.5 Å². The van der Waals surface area contributed by atoms with Gasteiger partial charge >= 0.3 is 6.18 Å². The fourth-order valence-corrected chi connectivity index (χ4v) is 4.47. The molecule has 1 aromatic heterocycles. The summed E-state index contributed by atoms with van der Waals surface area (Å²) in [6.07, 6.45) is -5.05. The molecule has 1 aliphatic carbocycles. The number of hydrogen-bond donors (Lipinski definition) is 1. The van der Waals surface area contributed by atoms with Crippen LogP contribution in [0, 0.1) is 0 Å². The lowest BCUT2D eigenvalue weighted by Gasteiger charge is -2.42. The van der Waals surface area contributed by atoms with Gasteiger partial charge in [0.05, 0.1) is 31.6 Å². The van der Waals surface area contributed by atoms with E-state index in [1.807, 2.05) is 0 Å². The smallest absolute Gasteiger partial charge is 0.408 e. The second-order valence-electron chi connectivity index (χ2n) is 8.51. The minimum absolute atomic E-state index is 0.0272. The minimum atomic E-state index is -4.49. The summed E-state index contributed by atoms with van der Waals surface area (Å²) < 4.78 is 79.7. The van der Waals surface area contributed by atoms with Gasteiger partial charge in [0, 0.05) is 29.7 Å². The molecule has 2 aliphatic heterocycles. The maximum Gasteiger partial charge on any atom is 0.408 e. The van der Waals surface area contributed by atoms with Gasteiger partial charge in [-0.2, -0.15) is 22.0 Å². The molecule has 2 aromatic rings. The van der Waals surface area contributed by atoms with Crippen molar-refractivity contribution in [2.75, 3.05) is 31.8 Å². The number of benzene rings is 1. The van der Waals surface area contributed by atoms with Crippen LogP contribution in [0.2, 0.25) is 0 Å². The first-order valence-corrected chi connectivity index (χ1v) is 10.2. The molecular formula is C21H21F5N4O2. The van der Waals surface area contributed by atoms with Crippen molar-refractivity contribution in [2.24, 2.45) is 5.73 Å². The van der Waals surface area contributed by atoms with E-state index in [1.54, 1.807) is 18.2 Å². The molecule has 6 nitrogen and oxygen atoms in total. The standard InChI is InChI=1S/C21H21F5N4O2/c1-31-14-8-11(2-3-13(14)19(27)9-32-10-19)16-12-4-6-20(22,23)17(12)29-18(28-16)30-7-5-15(30)21(24,25)26/h2-3,8,15H,4-7,9-10,27H2,1H3/t15-/m1/s1. The van der Waals surface area contributed by atoms with Gasteiger partial charge < -0.3 is 20.1 Å². The lowest BCUT2D eigenvalue weighted by atomic mass is 9.87. The summed E-state index contributed by atoms with van der Waals surface area (Å²) in [5.74, 6) is -3.13. The molecule has 0 amide bonds. The van der Waals surface area contributed by atoms with Crippen molar-refractivity contribution in [1.29, 1.82) is 0 Å². The van der Waals surface area contributed by atoms with E-state index in [0.29, 0.717) is 30.1 Å². The van der Waals surface area contributed by atoms with E-state index < -0.39 is 35.8 Å². The van der Waals surface area contributed by atoms with E-state index >= 15 is 0 Å². The summed E-state index contributed by atoms with van der Waals surface area (Å²) >= 11 is 0. The molecule has 1 atom stereocenters. The van der Waals surface area contributed by atoms with Crippen LogP contribution in [0.4, 0.5) is 27.9 Å². The van der Waals surface area contributed by atoms with E-state index in [2.05, 4.69) is 9.97 Å². The highest BCUT2D eigenvalue weighted by Crippen LogP contribution is 2.46. The van der Waals surface area contributed by atoms with Crippen LogP contribution in [0.3, 0.4) is 0 Å². The Morgan fingerprint density at radius 1 is 1.22 bits per heavy atom. The second-order valence-corrected chi connectivity index (χ2v) is 8.51. The predicted octanol–water partition coefficient (Wildman–Crippen LogP) is 3.52. The Morgan fingerprint density at radius 2 is 1.97 bits per heavy atom. The summed E-state index contributed by atoms with van der Waals surface area (Å²) in [5.41, 5.74) is 6.69. The first-order chi connectivity index (χ1) is 15.0. The quantitative estimate of drug-likeness (QED) is 0.710. The topological polar surface area (TPSA) is 73.5 Å². The van der Waals surface area contributed by atoms with Crippen LogP contribution in [-0.2, 0) is 22.6 Å². The number of hydrogen-bond acceptors (Lipinski definition) is 6. The Labute approximate surface area is 180 Å². The van der Waals surface area contributed by atoms with Gasteiger partial charge in [-0.05, 0) is 18.9 Å².